The summed E-state index contributed by atoms with van der Waals surface area (Å²) in [6.07, 6.45) is 3.58. The highest BCUT2D eigenvalue weighted by Gasteiger charge is 2.25. The van der Waals surface area contributed by atoms with Crippen molar-refractivity contribution >= 4 is 44.8 Å². The van der Waals surface area contributed by atoms with Crippen LogP contribution in [-0.4, -0.2) is 45.0 Å². The summed E-state index contributed by atoms with van der Waals surface area (Å²) in [5, 5.41) is 7.67. The highest BCUT2D eigenvalue weighted by molar-refractivity contribution is 7.90. The van der Waals surface area contributed by atoms with Crippen LogP contribution in [0, 0.1) is 0 Å². The minimum atomic E-state index is -4.25. The number of hydrogen-bond acceptors (Lipinski definition) is 6. The van der Waals surface area contributed by atoms with E-state index < -0.39 is 28.4 Å². The van der Waals surface area contributed by atoms with E-state index in [9.17, 15) is 13.2 Å². The van der Waals surface area contributed by atoms with Gasteiger partial charge in [0.1, 0.15) is 5.83 Å². The lowest BCUT2D eigenvalue weighted by Crippen LogP contribution is -2.40. The molecule has 9 nitrogen and oxygen atoms in total. The molecule has 0 saturated heterocycles. The van der Waals surface area contributed by atoms with Crippen LogP contribution in [0.4, 0.5) is 9.18 Å². The van der Waals surface area contributed by atoms with Crippen molar-refractivity contribution in [1.82, 2.24) is 19.8 Å². The maximum absolute atomic E-state index is 15.4. The van der Waals surface area contributed by atoms with E-state index in [1.54, 1.807) is 29.1 Å². The van der Waals surface area contributed by atoms with E-state index in [-0.39, 0.29) is 10.6 Å². The van der Waals surface area contributed by atoms with E-state index in [0.717, 1.165) is 17.5 Å². The van der Waals surface area contributed by atoms with Gasteiger partial charge >= 0.3 is 6.03 Å². The molecule has 2 N–H and O–H groups in total. The fourth-order valence-corrected chi connectivity index (χ4v) is 5.60. The quantitative estimate of drug-likeness (QED) is 0.388. The van der Waals surface area contributed by atoms with E-state index in [1.165, 1.54) is 32.4 Å². The molecular formula is C25H25Cl2FN4O5S. The molecule has 0 aliphatic heterocycles. The van der Waals surface area contributed by atoms with E-state index >= 15 is 4.39 Å². The van der Waals surface area contributed by atoms with Gasteiger partial charge in [-0.25, -0.2) is 22.3 Å². The summed E-state index contributed by atoms with van der Waals surface area (Å²) in [6.45, 7) is -0.200. The number of rotatable bonds is 8. The van der Waals surface area contributed by atoms with E-state index in [1.807, 2.05) is 4.72 Å². The number of halogens is 3. The summed E-state index contributed by atoms with van der Waals surface area (Å²) in [6, 6.07) is 7.93. The zero-order valence-electron chi connectivity index (χ0n) is 20.6. The number of fused-ring (bicyclic) bond motifs is 1. The fraction of sp³-hybridized carbons (Fsp3) is 0.280. The van der Waals surface area contributed by atoms with Gasteiger partial charge in [-0.05, 0) is 54.7 Å². The predicted octanol–water partition coefficient (Wildman–Crippen LogP) is 4.96. The van der Waals surface area contributed by atoms with Crippen molar-refractivity contribution in [3.8, 4) is 11.5 Å². The molecule has 0 unspecified atom stereocenters. The van der Waals surface area contributed by atoms with Gasteiger partial charge in [0.05, 0.1) is 44.1 Å². The first kappa shape index (κ1) is 27.7. The van der Waals surface area contributed by atoms with E-state index in [4.69, 9.17) is 32.7 Å². The van der Waals surface area contributed by atoms with E-state index in [2.05, 4.69) is 10.4 Å². The van der Waals surface area contributed by atoms with Crippen LogP contribution >= 0.6 is 23.2 Å². The molecule has 38 heavy (non-hydrogen) atoms. The Labute approximate surface area is 229 Å². The van der Waals surface area contributed by atoms with E-state index in [0.29, 0.717) is 46.4 Å². The number of nitrogens with one attached hydrogen (secondary N) is 2. The zero-order valence-corrected chi connectivity index (χ0v) is 22.9. The normalized spacial score (nSPS) is 14.4. The first-order valence-corrected chi connectivity index (χ1v) is 13.8. The number of sulfonamides is 1. The van der Waals surface area contributed by atoms with Crippen LogP contribution in [-0.2, 0) is 23.0 Å². The van der Waals surface area contributed by atoms with Gasteiger partial charge < -0.3 is 14.8 Å². The molecule has 0 radical (unpaired) electrons. The Morgan fingerprint density at radius 3 is 2.58 bits per heavy atom. The lowest BCUT2D eigenvalue weighted by Gasteiger charge is -2.19. The molecule has 0 spiro atoms. The summed E-state index contributed by atoms with van der Waals surface area (Å²) in [7, 11) is -1.48. The number of hydrogen-bond donors (Lipinski definition) is 2. The second kappa shape index (κ2) is 11.6. The molecule has 1 aromatic heterocycles. The number of urea groups is 1. The number of nitrogens with zero attached hydrogens (tertiary/aromatic N) is 2. The number of amides is 2. The van der Waals surface area contributed by atoms with Crippen molar-refractivity contribution in [3.05, 3.63) is 75.3 Å². The Kier molecular flexibility index (Phi) is 8.49. The first-order valence-electron chi connectivity index (χ1n) is 11.5. The molecular weight excluding hydrogens is 558 g/mol. The Hall–Kier alpha value is -3.28. The van der Waals surface area contributed by atoms with Crippen molar-refractivity contribution in [3.63, 3.8) is 0 Å². The summed E-state index contributed by atoms with van der Waals surface area (Å²) < 4.78 is 54.4. The SMILES string of the molecule is COc1ccc(S(=O)(=O)NC(=O)NC/C(F)=C2\CCCc3cnn(Cc4ccc(Cl)cc4Cl)c32)cc1OC. The molecule has 4 rings (SSSR count). The van der Waals surface area contributed by atoms with Crippen LogP contribution in [0.5, 0.6) is 11.5 Å². The molecule has 2 aromatic carbocycles. The largest absolute Gasteiger partial charge is 0.493 e. The highest BCUT2D eigenvalue weighted by Crippen LogP contribution is 2.34. The molecule has 0 fully saturated rings. The van der Waals surface area contributed by atoms with Gasteiger partial charge in [0.2, 0.25) is 0 Å². The maximum atomic E-state index is 15.4. The minimum absolute atomic E-state index is 0.177. The van der Waals surface area contributed by atoms with Crippen molar-refractivity contribution in [2.75, 3.05) is 20.8 Å². The van der Waals surface area contributed by atoms with Crippen molar-refractivity contribution in [2.24, 2.45) is 0 Å². The number of aromatic nitrogens is 2. The van der Waals surface area contributed by atoms with Crippen molar-refractivity contribution in [2.45, 2.75) is 30.7 Å². The van der Waals surface area contributed by atoms with Gasteiger partial charge in [-0.3, -0.25) is 4.68 Å². The summed E-state index contributed by atoms with van der Waals surface area (Å²) in [5.41, 5.74) is 2.67. The third-order valence-electron chi connectivity index (χ3n) is 6.03. The average molecular weight is 583 g/mol. The number of methoxy groups -OCH3 is 2. The minimum Gasteiger partial charge on any atom is -0.493 e. The maximum Gasteiger partial charge on any atom is 0.329 e. The number of benzene rings is 2. The molecule has 1 aliphatic carbocycles. The van der Waals surface area contributed by atoms with Crippen LogP contribution in [0.15, 0.2) is 53.3 Å². The molecule has 0 bridgehead atoms. The molecule has 1 aliphatic rings. The number of carbonyl (C=O) groups excluding carboxylic acids is 1. The highest BCUT2D eigenvalue weighted by atomic mass is 35.5. The van der Waals surface area contributed by atoms with Crippen molar-refractivity contribution < 1.29 is 27.1 Å². The van der Waals surface area contributed by atoms with Gasteiger partial charge in [0.25, 0.3) is 10.0 Å². The van der Waals surface area contributed by atoms with Crippen molar-refractivity contribution in [1.29, 1.82) is 0 Å². The summed E-state index contributed by atoms with van der Waals surface area (Å²) in [4.78, 5) is 12.2. The van der Waals surface area contributed by atoms with Gasteiger partial charge in [-0.1, -0.05) is 29.3 Å². The van der Waals surface area contributed by atoms with Gasteiger partial charge in [0, 0.05) is 21.7 Å². The second-order valence-electron chi connectivity index (χ2n) is 8.45. The summed E-state index contributed by atoms with van der Waals surface area (Å²) in [5.74, 6) is -0.0845. The lowest BCUT2D eigenvalue weighted by atomic mass is 9.92. The van der Waals surface area contributed by atoms with Gasteiger partial charge in [0.15, 0.2) is 11.5 Å². The van der Waals surface area contributed by atoms with Gasteiger partial charge in [-0.15, -0.1) is 0 Å². The van der Waals surface area contributed by atoms with Crippen LogP contribution in [0.2, 0.25) is 10.0 Å². The smallest absolute Gasteiger partial charge is 0.329 e. The topological polar surface area (TPSA) is 112 Å². The number of carbonyl (C=O) groups is 1. The summed E-state index contributed by atoms with van der Waals surface area (Å²) >= 11 is 12.3. The molecule has 3 aromatic rings. The molecule has 13 heteroatoms. The Morgan fingerprint density at radius 1 is 1.11 bits per heavy atom. The molecule has 0 atom stereocenters. The fourth-order valence-electron chi connectivity index (χ4n) is 4.19. The molecule has 1 heterocycles. The number of ether oxygens (including phenoxy) is 2. The predicted molar refractivity (Wildman–Crippen MR) is 142 cm³/mol. The molecule has 202 valence electrons. The van der Waals surface area contributed by atoms with Crippen LogP contribution < -0.4 is 19.5 Å². The Balaban J connectivity index is 1.49. The molecule has 2 amide bonds. The Bertz CT molecular complexity index is 1510. The lowest BCUT2D eigenvalue weighted by molar-refractivity contribution is 0.246. The van der Waals surface area contributed by atoms with Crippen LogP contribution in [0.1, 0.15) is 29.7 Å². The van der Waals surface area contributed by atoms with Gasteiger partial charge in [-0.2, -0.15) is 5.10 Å². The third kappa shape index (κ3) is 6.06. The van der Waals surface area contributed by atoms with Crippen LogP contribution in [0.3, 0.4) is 0 Å². The number of allylic oxidation sites excluding steroid dienone is 1. The molecule has 0 saturated carbocycles. The average Bonchev–Trinajstić information content (AvgIpc) is 3.31. The first-order chi connectivity index (χ1) is 18.1. The second-order valence-corrected chi connectivity index (χ2v) is 11.0. The number of aryl methyl sites for hydroxylation is 1. The standard InChI is InChI=1S/C25H25Cl2FN4O5S/c1-36-22-9-8-18(11-23(22)37-2)38(34,35)31-25(33)29-13-21(28)19-5-3-4-15-12-30-32(24(15)19)14-16-6-7-17(26)10-20(16)27/h6-12H,3-5,13-14H2,1-2H3,(H2,29,31,33)/b21-19-. The van der Waals surface area contributed by atoms with Crippen LogP contribution in [0.25, 0.3) is 5.57 Å². The zero-order chi connectivity index (χ0) is 27.4. The monoisotopic (exact) mass is 582 g/mol. The third-order valence-corrected chi connectivity index (χ3v) is 7.95. The Morgan fingerprint density at radius 2 is 1.87 bits per heavy atom.